The van der Waals surface area contributed by atoms with E-state index in [0.29, 0.717) is 0 Å². The summed E-state index contributed by atoms with van der Waals surface area (Å²) in [6, 6.07) is 1.78. The predicted molar refractivity (Wildman–Crippen MR) is 61.3 cm³/mol. The van der Waals surface area contributed by atoms with E-state index in [1.165, 1.54) is 0 Å². The number of benzene rings is 1. The van der Waals surface area contributed by atoms with Gasteiger partial charge in [-0.3, -0.25) is 0 Å². The lowest BCUT2D eigenvalue weighted by molar-refractivity contribution is 0.0523. The SMILES string of the molecule is CC(C)(C)OC(=O)n1ncc2c(F)cc(F)cc21. The molecular weight excluding hydrogens is 242 g/mol. The molecule has 0 aliphatic heterocycles. The van der Waals surface area contributed by atoms with Crippen LogP contribution in [-0.2, 0) is 4.74 Å². The van der Waals surface area contributed by atoms with Gasteiger partial charge >= 0.3 is 6.09 Å². The fourth-order valence-electron chi connectivity index (χ4n) is 1.50. The van der Waals surface area contributed by atoms with Gasteiger partial charge in [-0.2, -0.15) is 9.78 Å². The molecule has 0 unspecified atom stereocenters. The van der Waals surface area contributed by atoms with Gasteiger partial charge in [0, 0.05) is 12.1 Å². The lowest BCUT2D eigenvalue weighted by atomic mass is 10.2. The van der Waals surface area contributed by atoms with E-state index in [1.54, 1.807) is 20.8 Å². The maximum Gasteiger partial charge on any atom is 0.435 e. The first-order valence-corrected chi connectivity index (χ1v) is 5.34. The highest BCUT2D eigenvalue weighted by atomic mass is 19.1. The summed E-state index contributed by atoms with van der Waals surface area (Å²) in [7, 11) is 0. The lowest BCUT2D eigenvalue weighted by Crippen LogP contribution is -2.27. The second-order valence-electron chi connectivity index (χ2n) is 4.86. The number of ether oxygens (including phenoxy) is 1. The molecule has 18 heavy (non-hydrogen) atoms. The van der Waals surface area contributed by atoms with Crippen LogP contribution >= 0.6 is 0 Å². The Hall–Kier alpha value is -1.98. The van der Waals surface area contributed by atoms with Crippen molar-refractivity contribution in [1.82, 2.24) is 9.78 Å². The van der Waals surface area contributed by atoms with Gasteiger partial charge in [0.15, 0.2) is 0 Å². The van der Waals surface area contributed by atoms with Gasteiger partial charge in [-0.1, -0.05) is 0 Å². The molecule has 1 aromatic heterocycles. The summed E-state index contributed by atoms with van der Waals surface area (Å²) in [6.07, 6.45) is 0.385. The Morgan fingerprint density at radius 1 is 1.33 bits per heavy atom. The van der Waals surface area contributed by atoms with Crippen molar-refractivity contribution in [3.05, 3.63) is 30.0 Å². The van der Waals surface area contributed by atoms with E-state index in [4.69, 9.17) is 4.74 Å². The molecule has 4 nitrogen and oxygen atoms in total. The average Bonchev–Trinajstić information content (AvgIpc) is 2.58. The van der Waals surface area contributed by atoms with Gasteiger partial charge in [-0.05, 0) is 20.8 Å². The molecule has 1 aromatic carbocycles. The minimum Gasteiger partial charge on any atom is -0.442 e. The zero-order chi connectivity index (χ0) is 13.5. The normalized spacial score (nSPS) is 11.8. The van der Waals surface area contributed by atoms with E-state index in [1.807, 2.05) is 0 Å². The summed E-state index contributed by atoms with van der Waals surface area (Å²) in [6.45, 7) is 5.08. The van der Waals surface area contributed by atoms with Gasteiger partial charge in [-0.25, -0.2) is 13.6 Å². The second-order valence-corrected chi connectivity index (χ2v) is 4.86. The van der Waals surface area contributed by atoms with Gasteiger partial charge < -0.3 is 4.74 Å². The molecule has 6 heteroatoms. The zero-order valence-electron chi connectivity index (χ0n) is 10.2. The quantitative estimate of drug-likeness (QED) is 0.725. The first-order chi connectivity index (χ1) is 8.28. The number of halogens is 2. The van der Waals surface area contributed by atoms with Crippen molar-refractivity contribution in [2.24, 2.45) is 0 Å². The van der Waals surface area contributed by atoms with Crippen LogP contribution in [0.25, 0.3) is 10.9 Å². The van der Waals surface area contributed by atoms with Gasteiger partial charge in [-0.15, -0.1) is 0 Å². The van der Waals surface area contributed by atoms with Crippen LogP contribution in [0.2, 0.25) is 0 Å². The minimum atomic E-state index is -0.775. The third-order valence-electron chi connectivity index (χ3n) is 2.17. The van der Waals surface area contributed by atoms with Crippen LogP contribution in [0.3, 0.4) is 0 Å². The Morgan fingerprint density at radius 3 is 2.61 bits per heavy atom. The van der Waals surface area contributed by atoms with Crippen LogP contribution in [0.1, 0.15) is 20.8 Å². The smallest absolute Gasteiger partial charge is 0.435 e. The monoisotopic (exact) mass is 254 g/mol. The number of carbonyl (C=O) groups is 1. The summed E-state index contributed by atoms with van der Waals surface area (Å²) in [5, 5.41) is 3.79. The number of fused-ring (bicyclic) bond motifs is 1. The van der Waals surface area contributed by atoms with Crippen LogP contribution < -0.4 is 0 Å². The fraction of sp³-hybridized carbons (Fsp3) is 0.333. The molecule has 0 saturated carbocycles. The van der Waals surface area contributed by atoms with Crippen molar-refractivity contribution in [3.63, 3.8) is 0 Å². The van der Waals surface area contributed by atoms with Crippen LogP contribution in [0, 0.1) is 11.6 Å². The van der Waals surface area contributed by atoms with Crippen molar-refractivity contribution in [2.45, 2.75) is 26.4 Å². The highest BCUT2D eigenvalue weighted by Crippen LogP contribution is 2.20. The fourth-order valence-corrected chi connectivity index (χ4v) is 1.50. The highest BCUT2D eigenvalue weighted by Gasteiger charge is 2.21. The molecule has 0 fully saturated rings. The maximum absolute atomic E-state index is 13.4. The van der Waals surface area contributed by atoms with Crippen LogP contribution in [0.15, 0.2) is 18.3 Å². The summed E-state index contributed by atoms with van der Waals surface area (Å²) >= 11 is 0. The van der Waals surface area contributed by atoms with E-state index < -0.39 is 23.3 Å². The molecule has 0 N–H and O–H groups in total. The molecule has 96 valence electrons. The van der Waals surface area contributed by atoms with Crippen LogP contribution in [0.4, 0.5) is 13.6 Å². The topological polar surface area (TPSA) is 44.1 Å². The number of hydrogen-bond donors (Lipinski definition) is 0. The first kappa shape index (κ1) is 12.5. The van der Waals surface area contributed by atoms with Crippen LogP contribution in [-0.4, -0.2) is 21.5 Å². The van der Waals surface area contributed by atoms with E-state index in [9.17, 15) is 13.6 Å². The second kappa shape index (κ2) is 4.04. The molecule has 0 atom stereocenters. The minimum absolute atomic E-state index is 0.0433. The van der Waals surface area contributed by atoms with Gasteiger partial charge in [0.05, 0.1) is 17.1 Å². The molecular formula is C12H12F2N2O2. The first-order valence-electron chi connectivity index (χ1n) is 5.34. The lowest BCUT2D eigenvalue weighted by Gasteiger charge is -2.19. The average molecular weight is 254 g/mol. The Bertz CT molecular complexity index is 614. The number of rotatable bonds is 0. The van der Waals surface area contributed by atoms with Crippen molar-refractivity contribution < 1.29 is 18.3 Å². The van der Waals surface area contributed by atoms with E-state index in [2.05, 4.69) is 5.10 Å². The number of carbonyl (C=O) groups excluding carboxylic acids is 1. The van der Waals surface area contributed by atoms with Crippen molar-refractivity contribution >= 4 is 17.0 Å². The number of hydrogen-bond acceptors (Lipinski definition) is 3. The van der Waals surface area contributed by atoms with Crippen molar-refractivity contribution in [1.29, 1.82) is 0 Å². The Kier molecular flexibility index (Phi) is 2.80. The number of nitrogens with zero attached hydrogens (tertiary/aromatic N) is 2. The largest absolute Gasteiger partial charge is 0.442 e. The van der Waals surface area contributed by atoms with Gasteiger partial charge in [0.25, 0.3) is 0 Å². The predicted octanol–water partition coefficient (Wildman–Crippen LogP) is 3.10. The molecule has 0 radical (unpaired) electrons. The molecule has 0 saturated heterocycles. The Morgan fingerprint density at radius 2 is 2.00 bits per heavy atom. The maximum atomic E-state index is 13.4. The third-order valence-corrected chi connectivity index (χ3v) is 2.17. The molecule has 0 spiro atoms. The summed E-state index contributed by atoms with van der Waals surface area (Å²) < 4.78 is 32.5. The molecule has 2 rings (SSSR count). The van der Waals surface area contributed by atoms with Crippen molar-refractivity contribution in [2.75, 3.05) is 0 Å². The molecule has 2 aromatic rings. The van der Waals surface area contributed by atoms with E-state index in [-0.39, 0.29) is 10.9 Å². The zero-order valence-corrected chi connectivity index (χ0v) is 10.2. The Labute approximate surface area is 102 Å². The highest BCUT2D eigenvalue weighted by molar-refractivity contribution is 5.88. The molecule has 1 heterocycles. The standard InChI is InChI=1S/C12H12F2N2O2/c1-12(2,3)18-11(17)16-10-5-7(13)4-9(14)8(10)6-15-16/h4-6H,1-3H3. The summed E-state index contributed by atoms with van der Waals surface area (Å²) in [5.74, 6) is -1.54. The Balaban J connectivity index is 2.49. The number of aromatic nitrogens is 2. The molecule has 0 aliphatic rings. The van der Waals surface area contributed by atoms with Gasteiger partial charge in [0.2, 0.25) is 0 Å². The van der Waals surface area contributed by atoms with Gasteiger partial charge in [0.1, 0.15) is 17.2 Å². The van der Waals surface area contributed by atoms with Crippen LogP contribution in [0.5, 0.6) is 0 Å². The molecule has 0 amide bonds. The summed E-state index contributed by atoms with van der Waals surface area (Å²) in [5.41, 5.74) is -0.664. The van der Waals surface area contributed by atoms with E-state index in [0.717, 1.165) is 23.0 Å². The molecule has 0 aliphatic carbocycles. The third kappa shape index (κ3) is 2.32. The summed E-state index contributed by atoms with van der Waals surface area (Å²) in [4.78, 5) is 11.8. The van der Waals surface area contributed by atoms with E-state index >= 15 is 0 Å². The van der Waals surface area contributed by atoms with Crippen molar-refractivity contribution in [3.8, 4) is 0 Å². The molecule has 0 bridgehead atoms.